The first kappa shape index (κ1) is 13.0. The molecule has 0 spiro atoms. The number of aryl methyl sites for hydroxylation is 2. The van der Waals surface area contributed by atoms with Crippen molar-refractivity contribution in [2.75, 3.05) is 19.6 Å². The standard InChI is InChI=1S/C11H18N2O2S2/c1-8-7-12-4-5-13(8)17(14,15)11-6-9(2)16-10(11)3/h6,8,12H,4-5,7H2,1-3H3/t8-/m1/s1. The third-order valence-electron chi connectivity index (χ3n) is 3.02. The van der Waals surface area contributed by atoms with Gasteiger partial charge in [0.1, 0.15) is 0 Å². The van der Waals surface area contributed by atoms with Crippen molar-refractivity contribution in [1.29, 1.82) is 0 Å². The Bertz CT molecular complexity index is 508. The number of piperazine rings is 1. The molecule has 0 amide bonds. The summed E-state index contributed by atoms with van der Waals surface area (Å²) >= 11 is 1.54. The Morgan fingerprint density at radius 2 is 2.18 bits per heavy atom. The van der Waals surface area contributed by atoms with Crippen LogP contribution in [0, 0.1) is 13.8 Å². The zero-order chi connectivity index (χ0) is 12.6. The molecule has 1 aromatic rings. The lowest BCUT2D eigenvalue weighted by molar-refractivity contribution is 0.284. The lowest BCUT2D eigenvalue weighted by Crippen LogP contribution is -2.52. The van der Waals surface area contributed by atoms with Crippen LogP contribution in [0.4, 0.5) is 0 Å². The zero-order valence-electron chi connectivity index (χ0n) is 10.4. The van der Waals surface area contributed by atoms with Crippen molar-refractivity contribution in [3.63, 3.8) is 0 Å². The van der Waals surface area contributed by atoms with E-state index in [1.165, 1.54) is 11.3 Å². The summed E-state index contributed by atoms with van der Waals surface area (Å²) in [5.41, 5.74) is 0. The number of hydrogen-bond acceptors (Lipinski definition) is 4. The number of sulfonamides is 1. The largest absolute Gasteiger partial charge is 0.314 e. The maximum atomic E-state index is 12.5. The molecule has 0 bridgehead atoms. The number of nitrogens with one attached hydrogen (secondary N) is 1. The lowest BCUT2D eigenvalue weighted by atomic mass is 10.3. The summed E-state index contributed by atoms with van der Waals surface area (Å²) in [6, 6.07) is 1.80. The highest BCUT2D eigenvalue weighted by Crippen LogP contribution is 2.28. The Morgan fingerprint density at radius 1 is 1.47 bits per heavy atom. The van der Waals surface area contributed by atoms with E-state index < -0.39 is 10.0 Å². The number of nitrogens with zero attached hydrogens (tertiary/aromatic N) is 1. The van der Waals surface area contributed by atoms with Gasteiger partial charge in [0, 0.05) is 35.4 Å². The van der Waals surface area contributed by atoms with Crippen molar-refractivity contribution < 1.29 is 8.42 Å². The van der Waals surface area contributed by atoms with Gasteiger partial charge in [-0.05, 0) is 26.8 Å². The van der Waals surface area contributed by atoms with Gasteiger partial charge >= 0.3 is 0 Å². The van der Waals surface area contributed by atoms with E-state index in [0.29, 0.717) is 11.4 Å². The Balaban J connectivity index is 2.39. The summed E-state index contributed by atoms with van der Waals surface area (Å²) in [6.07, 6.45) is 0. The van der Waals surface area contributed by atoms with Crippen molar-refractivity contribution in [1.82, 2.24) is 9.62 Å². The highest BCUT2D eigenvalue weighted by molar-refractivity contribution is 7.89. The molecular formula is C11H18N2O2S2. The van der Waals surface area contributed by atoms with E-state index in [1.54, 1.807) is 10.4 Å². The molecule has 17 heavy (non-hydrogen) atoms. The van der Waals surface area contributed by atoms with Crippen LogP contribution < -0.4 is 5.32 Å². The van der Waals surface area contributed by atoms with Gasteiger partial charge in [-0.3, -0.25) is 0 Å². The van der Waals surface area contributed by atoms with Gasteiger partial charge in [0.2, 0.25) is 10.0 Å². The van der Waals surface area contributed by atoms with E-state index in [-0.39, 0.29) is 6.04 Å². The number of thiophene rings is 1. The lowest BCUT2D eigenvalue weighted by Gasteiger charge is -2.32. The average molecular weight is 274 g/mol. The van der Waals surface area contributed by atoms with E-state index in [2.05, 4.69) is 5.32 Å². The van der Waals surface area contributed by atoms with Crippen molar-refractivity contribution in [3.8, 4) is 0 Å². The molecule has 1 atom stereocenters. The molecule has 0 aliphatic carbocycles. The molecule has 1 aliphatic heterocycles. The molecule has 1 aliphatic rings. The van der Waals surface area contributed by atoms with Crippen LogP contribution in [0.1, 0.15) is 16.7 Å². The molecule has 96 valence electrons. The van der Waals surface area contributed by atoms with Crippen LogP contribution in [-0.2, 0) is 10.0 Å². The maximum absolute atomic E-state index is 12.5. The minimum Gasteiger partial charge on any atom is -0.314 e. The third-order valence-corrected chi connectivity index (χ3v) is 6.26. The van der Waals surface area contributed by atoms with E-state index in [4.69, 9.17) is 0 Å². The second-order valence-electron chi connectivity index (χ2n) is 4.45. The first-order valence-corrected chi connectivity index (χ1v) is 7.98. The van der Waals surface area contributed by atoms with Crippen LogP contribution in [-0.4, -0.2) is 38.4 Å². The van der Waals surface area contributed by atoms with Crippen molar-refractivity contribution in [2.24, 2.45) is 0 Å². The van der Waals surface area contributed by atoms with Gasteiger partial charge in [0.15, 0.2) is 0 Å². The third kappa shape index (κ3) is 2.40. The molecule has 1 N–H and O–H groups in total. The van der Waals surface area contributed by atoms with E-state index >= 15 is 0 Å². The predicted molar refractivity (Wildman–Crippen MR) is 70.0 cm³/mol. The Morgan fingerprint density at radius 3 is 2.71 bits per heavy atom. The fourth-order valence-corrected chi connectivity index (χ4v) is 5.33. The smallest absolute Gasteiger partial charge is 0.244 e. The van der Waals surface area contributed by atoms with Crippen molar-refractivity contribution >= 4 is 21.4 Å². The fourth-order valence-electron chi connectivity index (χ4n) is 2.17. The Hall–Kier alpha value is -0.430. The maximum Gasteiger partial charge on any atom is 0.244 e. The predicted octanol–water partition coefficient (Wildman–Crippen LogP) is 1.35. The molecule has 0 radical (unpaired) electrons. The second-order valence-corrected chi connectivity index (χ2v) is 7.77. The number of rotatable bonds is 2. The van der Waals surface area contributed by atoms with Crippen LogP contribution in [0.15, 0.2) is 11.0 Å². The summed E-state index contributed by atoms with van der Waals surface area (Å²) in [4.78, 5) is 2.41. The molecular weight excluding hydrogens is 256 g/mol. The topological polar surface area (TPSA) is 49.4 Å². The second kappa shape index (κ2) is 4.68. The van der Waals surface area contributed by atoms with Crippen LogP contribution in [0.3, 0.4) is 0 Å². The summed E-state index contributed by atoms with van der Waals surface area (Å²) in [5.74, 6) is 0. The first-order valence-electron chi connectivity index (χ1n) is 5.72. The van der Waals surface area contributed by atoms with Crippen LogP contribution >= 0.6 is 11.3 Å². The molecule has 4 nitrogen and oxygen atoms in total. The van der Waals surface area contributed by atoms with Gasteiger partial charge < -0.3 is 5.32 Å². The summed E-state index contributed by atoms with van der Waals surface area (Å²) < 4.78 is 26.7. The summed E-state index contributed by atoms with van der Waals surface area (Å²) in [5, 5.41) is 3.20. The molecule has 1 aromatic heterocycles. The van der Waals surface area contributed by atoms with Gasteiger partial charge in [-0.25, -0.2) is 8.42 Å². The molecule has 0 unspecified atom stereocenters. The minimum absolute atomic E-state index is 0.0216. The van der Waals surface area contributed by atoms with Crippen molar-refractivity contribution in [3.05, 3.63) is 15.8 Å². The molecule has 1 saturated heterocycles. The van der Waals surface area contributed by atoms with Gasteiger partial charge in [-0.15, -0.1) is 11.3 Å². The Kier molecular flexibility index (Phi) is 3.58. The normalized spacial score (nSPS) is 22.9. The summed E-state index contributed by atoms with van der Waals surface area (Å²) in [6.45, 7) is 7.76. The van der Waals surface area contributed by atoms with Gasteiger partial charge in [-0.2, -0.15) is 4.31 Å². The average Bonchev–Trinajstić information content (AvgIpc) is 2.59. The zero-order valence-corrected chi connectivity index (χ0v) is 12.0. The monoisotopic (exact) mass is 274 g/mol. The fraction of sp³-hybridized carbons (Fsp3) is 0.636. The first-order chi connectivity index (χ1) is 7.93. The number of hydrogen-bond donors (Lipinski definition) is 1. The van der Waals surface area contributed by atoms with Gasteiger partial charge in [-0.1, -0.05) is 0 Å². The van der Waals surface area contributed by atoms with E-state index in [0.717, 1.165) is 22.8 Å². The molecule has 1 fully saturated rings. The van der Waals surface area contributed by atoms with Crippen LogP contribution in [0.2, 0.25) is 0 Å². The highest BCUT2D eigenvalue weighted by Gasteiger charge is 2.32. The molecule has 6 heteroatoms. The molecule has 0 saturated carbocycles. The van der Waals surface area contributed by atoms with E-state index in [9.17, 15) is 8.42 Å². The van der Waals surface area contributed by atoms with Crippen LogP contribution in [0.5, 0.6) is 0 Å². The molecule has 2 heterocycles. The quantitative estimate of drug-likeness (QED) is 0.885. The Labute approximate surface area is 107 Å². The van der Waals surface area contributed by atoms with Crippen LogP contribution in [0.25, 0.3) is 0 Å². The summed E-state index contributed by atoms with van der Waals surface area (Å²) in [7, 11) is -3.32. The van der Waals surface area contributed by atoms with E-state index in [1.807, 2.05) is 20.8 Å². The molecule has 2 rings (SSSR count). The minimum atomic E-state index is -3.32. The van der Waals surface area contributed by atoms with Gasteiger partial charge in [0.05, 0.1) is 4.90 Å². The SMILES string of the molecule is Cc1cc(S(=O)(=O)N2CCNC[C@H]2C)c(C)s1. The highest BCUT2D eigenvalue weighted by atomic mass is 32.2. The van der Waals surface area contributed by atoms with Gasteiger partial charge in [0.25, 0.3) is 0 Å². The van der Waals surface area contributed by atoms with Crippen molar-refractivity contribution in [2.45, 2.75) is 31.7 Å². The molecule has 0 aromatic carbocycles.